The number of amides is 1. The SMILES string of the molecule is O=C([C@H]1CC=CCC1)N1CCN(S(=O)(=O)c2ccccc2C(F)(F)F)CC1. The van der Waals surface area contributed by atoms with E-state index in [1.54, 1.807) is 4.90 Å². The van der Waals surface area contributed by atoms with Crippen LogP contribution in [0, 0.1) is 5.92 Å². The van der Waals surface area contributed by atoms with E-state index in [0.717, 1.165) is 35.3 Å². The number of piperazine rings is 1. The predicted octanol–water partition coefficient (Wildman–Crippen LogP) is 2.89. The number of sulfonamides is 1. The van der Waals surface area contributed by atoms with Gasteiger partial charge in [0.05, 0.1) is 10.5 Å². The van der Waals surface area contributed by atoms with Crippen LogP contribution < -0.4 is 0 Å². The van der Waals surface area contributed by atoms with E-state index >= 15 is 0 Å². The quantitative estimate of drug-likeness (QED) is 0.731. The average Bonchev–Trinajstić information content (AvgIpc) is 2.67. The predicted molar refractivity (Wildman–Crippen MR) is 93.3 cm³/mol. The number of hydrogen-bond donors (Lipinski definition) is 0. The standard InChI is InChI=1S/C18H21F3N2O3S/c19-18(20,21)15-8-4-5-9-16(15)27(25,26)23-12-10-22(11-13-23)17(24)14-6-2-1-3-7-14/h1-2,4-5,8-9,14H,3,6-7,10-13H2/t14-/m0/s1. The number of rotatable bonds is 3. The molecule has 0 spiro atoms. The van der Waals surface area contributed by atoms with Crippen LogP contribution in [0.3, 0.4) is 0 Å². The molecule has 27 heavy (non-hydrogen) atoms. The Bertz CT molecular complexity index is 828. The summed E-state index contributed by atoms with van der Waals surface area (Å²) in [4.78, 5) is 13.4. The molecule has 9 heteroatoms. The number of alkyl halides is 3. The van der Waals surface area contributed by atoms with Crippen molar-refractivity contribution in [2.24, 2.45) is 5.92 Å². The largest absolute Gasteiger partial charge is 0.417 e. The molecule has 1 aromatic rings. The summed E-state index contributed by atoms with van der Waals surface area (Å²) in [7, 11) is -4.29. The fourth-order valence-corrected chi connectivity index (χ4v) is 5.12. The van der Waals surface area contributed by atoms with Gasteiger partial charge in [-0.25, -0.2) is 8.42 Å². The topological polar surface area (TPSA) is 57.7 Å². The molecule has 0 unspecified atom stereocenters. The van der Waals surface area contributed by atoms with Gasteiger partial charge in [0.25, 0.3) is 0 Å². The molecule has 1 fully saturated rings. The fourth-order valence-electron chi connectivity index (χ4n) is 3.49. The molecule has 0 bridgehead atoms. The highest BCUT2D eigenvalue weighted by molar-refractivity contribution is 7.89. The molecule has 1 saturated heterocycles. The first-order valence-corrected chi connectivity index (χ1v) is 10.3. The summed E-state index contributed by atoms with van der Waals surface area (Å²) in [6.45, 7) is 0.352. The Morgan fingerprint density at radius 3 is 2.30 bits per heavy atom. The van der Waals surface area contributed by atoms with E-state index < -0.39 is 26.7 Å². The normalized spacial score (nSPS) is 22.0. The van der Waals surface area contributed by atoms with Crippen LogP contribution in [0.1, 0.15) is 24.8 Å². The van der Waals surface area contributed by atoms with Crippen LogP contribution in [0.15, 0.2) is 41.3 Å². The smallest absolute Gasteiger partial charge is 0.340 e. The zero-order valence-electron chi connectivity index (χ0n) is 14.7. The molecule has 0 N–H and O–H groups in total. The van der Waals surface area contributed by atoms with Gasteiger partial charge in [-0.05, 0) is 31.4 Å². The Hall–Kier alpha value is -1.87. The molecule has 3 rings (SSSR count). The van der Waals surface area contributed by atoms with E-state index in [4.69, 9.17) is 0 Å². The summed E-state index contributed by atoms with van der Waals surface area (Å²) in [6, 6.07) is 4.18. The monoisotopic (exact) mass is 402 g/mol. The third-order valence-corrected chi connectivity index (χ3v) is 6.94. The Labute approximate surface area is 156 Å². The molecule has 2 aliphatic rings. The molecule has 1 aliphatic heterocycles. The molecule has 1 aromatic carbocycles. The van der Waals surface area contributed by atoms with Gasteiger partial charge < -0.3 is 4.90 Å². The lowest BCUT2D eigenvalue weighted by molar-refractivity contribution is -0.140. The number of benzene rings is 1. The lowest BCUT2D eigenvalue weighted by atomic mass is 9.93. The maximum atomic E-state index is 13.2. The fraction of sp³-hybridized carbons (Fsp3) is 0.500. The summed E-state index contributed by atoms with van der Waals surface area (Å²) in [6.07, 6.45) is 1.55. The zero-order valence-corrected chi connectivity index (χ0v) is 15.5. The van der Waals surface area contributed by atoms with E-state index in [0.29, 0.717) is 6.42 Å². The van der Waals surface area contributed by atoms with Crippen molar-refractivity contribution in [3.63, 3.8) is 0 Å². The Balaban J connectivity index is 1.72. The van der Waals surface area contributed by atoms with Crippen LogP contribution in [-0.2, 0) is 21.0 Å². The van der Waals surface area contributed by atoms with Crippen LogP contribution in [0.25, 0.3) is 0 Å². The van der Waals surface area contributed by atoms with Crippen molar-refractivity contribution in [3.05, 3.63) is 42.0 Å². The molecule has 148 valence electrons. The van der Waals surface area contributed by atoms with Crippen molar-refractivity contribution in [1.82, 2.24) is 9.21 Å². The van der Waals surface area contributed by atoms with Gasteiger partial charge in [0.2, 0.25) is 15.9 Å². The van der Waals surface area contributed by atoms with Crippen LogP contribution >= 0.6 is 0 Å². The molecule has 1 atom stereocenters. The average molecular weight is 402 g/mol. The molecule has 0 saturated carbocycles. The second-order valence-corrected chi connectivity index (χ2v) is 8.61. The minimum atomic E-state index is -4.75. The van der Waals surface area contributed by atoms with Gasteiger partial charge in [-0.1, -0.05) is 24.3 Å². The summed E-state index contributed by atoms with van der Waals surface area (Å²) in [5.74, 6) is -0.101. The molecule has 1 aliphatic carbocycles. The second-order valence-electron chi connectivity index (χ2n) is 6.70. The molecule has 1 heterocycles. The van der Waals surface area contributed by atoms with Crippen molar-refractivity contribution < 1.29 is 26.4 Å². The highest BCUT2D eigenvalue weighted by atomic mass is 32.2. The molecule has 0 radical (unpaired) electrons. The van der Waals surface area contributed by atoms with E-state index in [9.17, 15) is 26.4 Å². The third-order valence-electron chi connectivity index (χ3n) is 4.98. The number of carbonyl (C=O) groups excluding carboxylic acids is 1. The van der Waals surface area contributed by atoms with Crippen LogP contribution in [0.5, 0.6) is 0 Å². The molecular formula is C18H21F3N2O3S. The number of allylic oxidation sites excluding steroid dienone is 2. The van der Waals surface area contributed by atoms with Crippen LogP contribution in [0.4, 0.5) is 13.2 Å². The van der Waals surface area contributed by atoms with E-state index in [1.807, 2.05) is 12.2 Å². The first-order valence-electron chi connectivity index (χ1n) is 8.81. The second kappa shape index (κ2) is 7.63. The van der Waals surface area contributed by atoms with Gasteiger partial charge in [-0.2, -0.15) is 17.5 Å². The summed E-state index contributed by atoms with van der Waals surface area (Å²) in [5.41, 5.74) is -1.17. The number of halogens is 3. The van der Waals surface area contributed by atoms with Crippen molar-refractivity contribution in [3.8, 4) is 0 Å². The van der Waals surface area contributed by atoms with Crippen molar-refractivity contribution >= 4 is 15.9 Å². The number of hydrogen-bond acceptors (Lipinski definition) is 3. The van der Waals surface area contributed by atoms with Gasteiger partial charge in [0.15, 0.2) is 0 Å². The van der Waals surface area contributed by atoms with Gasteiger partial charge in [-0.15, -0.1) is 0 Å². The minimum Gasteiger partial charge on any atom is -0.340 e. The van der Waals surface area contributed by atoms with Crippen molar-refractivity contribution in [2.45, 2.75) is 30.3 Å². The summed E-state index contributed by atoms with van der Waals surface area (Å²) >= 11 is 0. The minimum absolute atomic E-state index is 0.00732. The first kappa shape index (κ1) is 19.9. The highest BCUT2D eigenvalue weighted by Crippen LogP contribution is 2.35. The molecule has 5 nitrogen and oxygen atoms in total. The Kier molecular flexibility index (Phi) is 5.62. The van der Waals surface area contributed by atoms with Crippen LogP contribution in [-0.4, -0.2) is 49.7 Å². The zero-order chi connectivity index (χ0) is 19.7. The number of carbonyl (C=O) groups is 1. The van der Waals surface area contributed by atoms with Gasteiger partial charge in [0.1, 0.15) is 0 Å². The van der Waals surface area contributed by atoms with Crippen LogP contribution in [0.2, 0.25) is 0 Å². The van der Waals surface area contributed by atoms with Crippen molar-refractivity contribution in [1.29, 1.82) is 0 Å². The highest BCUT2D eigenvalue weighted by Gasteiger charge is 2.40. The Morgan fingerprint density at radius 1 is 1.04 bits per heavy atom. The lowest BCUT2D eigenvalue weighted by Crippen LogP contribution is -2.52. The Morgan fingerprint density at radius 2 is 1.70 bits per heavy atom. The van der Waals surface area contributed by atoms with E-state index in [1.165, 1.54) is 6.07 Å². The third kappa shape index (κ3) is 4.19. The van der Waals surface area contributed by atoms with Gasteiger partial charge in [-0.3, -0.25) is 4.79 Å². The lowest BCUT2D eigenvalue weighted by Gasteiger charge is -2.36. The summed E-state index contributed by atoms with van der Waals surface area (Å²) in [5, 5.41) is 0. The molecule has 0 aromatic heterocycles. The first-order chi connectivity index (χ1) is 12.7. The van der Waals surface area contributed by atoms with Gasteiger partial charge >= 0.3 is 6.18 Å². The number of nitrogens with zero attached hydrogens (tertiary/aromatic N) is 2. The van der Waals surface area contributed by atoms with Crippen molar-refractivity contribution in [2.75, 3.05) is 26.2 Å². The maximum absolute atomic E-state index is 13.2. The summed E-state index contributed by atoms with van der Waals surface area (Å²) < 4.78 is 66.1. The maximum Gasteiger partial charge on any atom is 0.417 e. The van der Waals surface area contributed by atoms with E-state index in [2.05, 4.69) is 0 Å². The van der Waals surface area contributed by atoms with E-state index in [-0.39, 0.29) is 38.0 Å². The van der Waals surface area contributed by atoms with Gasteiger partial charge in [0, 0.05) is 32.1 Å². The molecular weight excluding hydrogens is 381 g/mol. The molecule has 1 amide bonds.